The van der Waals surface area contributed by atoms with Gasteiger partial charge in [0.05, 0.1) is 12.1 Å². The zero-order valence-electron chi connectivity index (χ0n) is 9.58. The summed E-state index contributed by atoms with van der Waals surface area (Å²) in [4.78, 5) is 11.6. The van der Waals surface area contributed by atoms with Gasteiger partial charge in [-0.3, -0.25) is 4.79 Å². The summed E-state index contributed by atoms with van der Waals surface area (Å²) >= 11 is 5.97. The van der Waals surface area contributed by atoms with E-state index in [1.807, 2.05) is 13.8 Å². The third kappa shape index (κ3) is 2.89. The molecule has 0 bridgehead atoms. The Labute approximate surface area is 100.0 Å². The highest BCUT2D eigenvalue weighted by atomic mass is 35.5. The van der Waals surface area contributed by atoms with Crippen molar-refractivity contribution in [2.75, 3.05) is 7.11 Å². The molecule has 16 heavy (non-hydrogen) atoms. The van der Waals surface area contributed by atoms with E-state index in [0.29, 0.717) is 16.3 Å². The lowest BCUT2D eigenvalue weighted by molar-refractivity contribution is -0.121. The van der Waals surface area contributed by atoms with E-state index in [2.05, 4.69) is 0 Å². The van der Waals surface area contributed by atoms with Crippen LogP contribution in [0.2, 0.25) is 5.02 Å². The number of ether oxygens (including phenoxy) is 1. The molecule has 1 rings (SSSR count). The Balaban J connectivity index is 3.01. The first kappa shape index (κ1) is 12.8. The molecule has 0 aliphatic carbocycles. The molecule has 0 heterocycles. The quantitative estimate of drug-likeness (QED) is 0.883. The number of benzene rings is 1. The minimum Gasteiger partial charge on any atom is -0.507 e. The van der Waals surface area contributed by atoms with Gasteiger partial charge in [0, 0.05) is 24.0 Å². The van der Waals surface area contributed by atoms with Crippen molar-refractivity contribution in [1.29, 1.82) is 0 Å². The molecule has 3 nitrogen and oxygen atoms in total. The second kappa shape index (κ2) is 5.21. The third-order valence-corrected chi connectivity index (χ3v) is 2.71. The number of hydrogen-bond donors (Lipinski definition) is 1. The predicted molar refractivity (Wildman–Crippen MR) is 63.2 cm³/mol. The number of Topliss-reactive ketones (excluding diaryl/α,β-unsaturated/α-hetero) is 1. The standard InChI is InChI=1S/C12H15ClO3/c1-7(2)11(14)6-9-10(13)4-8(16-3)5-12(9)15/h4-5,7,15H,6H2,1-3H3. The summed E-state index contributed by atoms with van der Waals surface area (Å²) in [6.07, 6.45) is 0.145. The molecule has 0 fully saturated rings. The van der Waals surface area contributed by atoms with Crippen molar-refractivity contribution in [2.45, 2.75) is 20.3 Å². The molecule has 0 atom stereocenters. The largest absolute Gasteiger partial charge is 0.507 e. The van der Waals surface area contributed by atoms with E-state index >= 15 is 0 Å². The number of hydrogen-bond acceptors (Lipinski definition) is 3. The first-order valence-electron chi connectivity index (χ1n) is 5.03. The Morgan fingerprint density at radius 1 is 1.50 bits per heavy atom. The third-order valence-electron chi connectivity index (χ3n) is 2.38. The molecule has 4 heteroatoms. The summed E-state index contributed by atoms with van der Waals surface area (Å²) in [5.74, 6) is 0.446. The van der Waals surface area contributed by atoms with Gasteiger partial charge in [-0.1, -0.05) is 25.4 Å². The van der Waals surface area contributed by atoms with Crippen LogP contribution in [0.4, 0.5) is 0 Å². The lowest BCUT2D eigenvalue weighted by Gasteiger charge is -2.10. The average molecular weight is 243 g/mol. The summed E-state index contributed by atoms with van der Waals surface area (Å²) in [6, 6.07) is 3.04. The van der Waals surface area contributed by atoms with Gasteiger partial charge in [0.2, 0.25) is 0 Å². The molecule has 0 saturated heterocycles. The molecule has 1 aromatic rings. The molecule has 0 aliphatic heterocycles. The molecule has 1 N–H and O–H groups in total. The van der Waals surface area contributed by atoms with Crippen LogP contribution < -0.4 is 4.74 Å². The maximum absolute atomic E-state index is 11.6. The number of rotatable bonds is 4. The number of halogens is 1. The summed E-state index contributed by atoms with van der Waals surface area (Å²) < 4.78 is 4.95. The number of methoxy groups -OCH3 is 1. The topological polar surface area (TPSA) is 46.5 Å². The maximum Gasteiger partial charge on any atom is 0.139 e. The highest BCUT2D eigenvalue weighted by molar-refractivity contribution is 6.32. The molecule has 1 aromatic carbocycles. The fourth-order valence-electron chi connectivity index (χ4n) is 1.27. The fourth-order valence-corrected chi connectivity index (χ4v) is 1.54. The van der Waals surface area contributed by atoms with E-state index < -0.39 is 0 Å². The predicted octanol–water partition coefficient (Wildman–Crippen LogP) is 2.82. The van der Waals surface area contributed by atoms with Crippen LogP contribution in [-0.4, -0.2) is 18.0 Å². The molecule has 0 spiro atoms. The Bertz CT molecular complexity index is 376. The van der Waals surface area contributed by atoms with Crippen LogP contribution in [-0.2, 0) is 11.2 Å². The highest BCUT2D eigenvalue weighted by Crippen LogP contribution is 2.32. The van der Waals surface area contributed by atoms with Crippen LogP contribution in [0.25, 0.3) is 0 Å². The first-order chi connectivity index (χ1) is 7.45. The second-order valence-corrected chi connectivity index (χ2v) is 4.31. The number of carbonyl (C=O) groups excluding carboxylic acids is 1. The Kier molecular flexibility index (Phi) is 4.19. The van der Waals surface area contributed by atoms with Crippen molar-refractivity contribution in [3.8, 4) is 11.5 Å². The van der Waals surface area contributed by atoms with E-state index in [1.165, 1.54) is 13.2 Å². The van der Waals surface area contributed by atoms with Gasteiger partial charge in [-0.05, 0) is 6.07 Å². The summed E-state index contributed by atoms with van der Waals surface area (Å²) in [6.45, 7) is 3.63. The van der Waals surface area contributed by atoms with Crippen molar-refractivity contribution in [2.24, 2.45) is 5.92 Å². The van der Waals surface area contributed by atoms with E-state index in [0.717, 1.165) is 0 Å². The number of phenolic OH excluding ortho intramolecular Hbond substituents is 1. The summed E-state index contributed by atoms with van der Waals surface area (Å²) in [5, 5.41) is 10.1. The van der Waals surface area contributed by atoms with Crippen molar-refractivity contribution in [1.82, 2.24) is 0 Å². The van der Waals surface area contributed by atoms with E-state index in [9.17, 15) is 9.90 Å². The summed E-state index contributed by atoms with van der Waals surface area (Å²) in [5.41, 5.74) is 0.459. The molecule has 0 saturated carbocycles. The van der Waals surface area contributed by atoms with E-state index in [1.54, 1.807) is 6.07 Å². The number of ketones is 1. The minimum atomic E-state index is -0.0717. The highest BCUT2D eigenvalue weighted by Gasteiger charge is 2.15. The lowest BCUT2D eigenvalue weighted by Crippen LogP contribution is -2.10. The van der Waals surface area contributed by atoms with Gasteiger partial charge in [0.25, 0.3) is 0 Å². The van der Waals surface area contributed by atoms with Crippen LogP contribution in [0.15, 0.2) is 12.1 Å². The zero-order valence-corrected chi connectivity index (χ0v) is 10.3. The van der Waals surface area contributed by atoms with E-state index in [-0.39, 0.29) is 23.9 Å². The SMILES string of the molecule is COc1cc(O)c(CC(=O)C(C)C)c(Cl)c1. The van der Waals surface area contributed by atoms with Crippen LogP contribution in [0.1, 0.15) is 19.4 Å². The van der Waals surface area contributed by atoms with Crippen molar-refractivity contribution < 1.29 is 14.6 Å². The van der Waals surface area contributed by atoms with Gasteiger partial charge in [-0.15, -0.1) is 0 Å². The zero-order chi connectivity index (χ0) is 12.3. The number of carbonyl (C=O) groups is 1. The van der Waals surface area contributed by atoms with Gasteiger partial charge in [-0.2, -0.15) is 0 Å². The molecule has 0 amide bonds. The first-order valence-corrected chi connectivity index (χ1v) is 5.41. The van der Waals surface area contributed by atoms with Gasteiger partial charge >= 0.3 is 0 Å². The molecular formula is C12H15ClO3. The van der Waals surface area contributed by atoms with Gasteiger partial charge in [0.15, 0.2) is 0 Å². The molecule has 0 aliphatic rings. The maximum atomic E-state index is 11.6. The summed E-state index contributed by atoms with van der Waals surface area (Å²) in [7, 11) is 1.49. The molecule has 0 aromatic heterocycles. The molecule has 0 radical (unpaired) electrons. The molecule has 0 unspecified atom stereocenters. The molecular weight excluding hydrogens is 228 g/mol. The normalized spacial score (nSPS) is 10.6. The lowest BCUT2D eigenvalue weighted by atomic mass is 10.0. The van der Waals surface area contributed by atoms with Crippen LogP contribution in [0.3, 0.4) is 0 Å². The number of phenols is 1. The Morgan fingerprint density at radius 3 is 2.56 bits per heavy atom. The van der Waals surface area contributed by atoms with Crippen LogP contribution in [0, 0.1) is 5.92 Å². The van der Waals surface area contributed by atoms with Crippen molar-refractivity contribution in [3.63, 3.8) is 0 Å². The van der Waals surface area contributed by atoms with Crippen LogP contribution in [0.5, 0.6) is 11.5 Å². The second-order valence-electron chi connectivity index (χ2n) is 3.90. The van der Waals surface area contributed by atoms with Gasteiger partial charge in [0.1, 0.15) is 17.3 Å². The molecule has 88 valence electrons. The fraction of sp³-hybridized carbons (Fsp3) is 0.417. The van der Waals surface area contributed by atoms with Crippen LogP contribution >= 0.6 is 11.6 Å². The smallest absolute Gasteiger partial charge is 0.139 e. The van der Waals surface area contributed by atoms with Gasteiger partial charge in [-0.25, -0.2) is 0 Å². The van der Waals surface area contributed by atoms with Gasteiger partial charge < -0.3 is 9.84 Å². The number of aromatic hydroxyl groups is 1. The van der Waals surface area contributed by atoms with Crippen molar-refractivity contribution >= 4 is 17.4 Å². The van der Waals surface area contributed by atoms with Crippen molar-refractivity contribution in [3.05, 3.63) is 22.7 Å². The average Bonchev–Trinajstić information content (AvgIpc) is 2.22. The Morgan fingerprint density at radius 2 is 2.12 bits per heavy atom. The monoisotopic (exact) mass is 242 g/mol. The Hall–Kier alpha value is -1.22. The minimum absolute atomic E-state index is 0.00153. The van der Waals surface area contributed by atoms with E-state index in [4.69, 9.17) is 16.3 Å².